The number of H-pyrrole nitrogens is 1. The summed E-state index contributed by atoms with van der Waals surface area (Å²) < 4.78 is 5.61. The molecule has 7 nitrogen and oxygen atoms in total. The summed E-state index contributed by atoms with van der Waals surface area (Å²) in [5.41, 5.74) is 9.40. The Labute approximate surface area is 161 Å². The van der Waals surface area contributed by atoms with Gasteiger partial charge in [-0.2, -0.15) is 5.10 Å². The average Bonchev–Trinajstić information content (AvgIpc) is 3.26. The number of fused-ring (bicyclic) bond motifs is 1. The zero-order valence-corrected chi connectivity index (χ0v) is 15.6. The SMILES string of the molecule is N[C@@H]1COCC12CCN(c1cnc3c(-c4ccccc4Cl)[nH]nc3n1)CC2. The van der Waals surface area contributed by atoms with Gasteiger partial charge in [0, 0.05) is 30.1 Å². The number of benzene rings is 1. The van der Waals surface area contributed by atoms with E-state index in [1.54, 1.807) is 0 Å². The van der Waals surface area contributed by atoms with Crippen molar-refractivity contribution in [1.29, 1.82) is 0 Å². The van der Waals surface area contributed by atoms with E-state index in [4.69, 9.17) is 27.1 Å². The number of nitrogens with one attached hydrogen (secondary N) is 1. The number of aromatic amines is 1. The van der Waals surface area contributed by atoms with Gasteiger partial charge in [0.2, 0.25) is 5.65 Å². The number of aromatic nitrogens is 4. The Morgan fingerprint density at radius 2 is 2.07 bits per heavy atom. The van der Waals surface area contributed by atoms with Crippen LogP contribution in [-0.4, -0.2) is 52.5 Å². The number of halogens is 1. The second kappa shape index (κ2) is 6.44. The van der Waals surface area contributed by atoms with Gasteiger partial charge in [-0.05, 0) is 18.9 Å². The maximum Gasteiger partial charge on any atom is 0.202 e. The molecule has 0 amide bonds. The summed E-state index contributed by atoms with van der Waals surface area (Å²) in [6.07, 6.45) is 3.85. The van der Waals surface area contributed by atoms with Gasteiger partial charge >= 0.3 is 0 Å². The van der Waals surface area contributed by atoms with Gasteiger partial charge in [0.1, 0.15) is 11.3 Å². The Hall–Kier alpha value is -2.22. The van der Waals surface area contributed by atoms with Crippen LogP contribution in [0.25, 0.3) is 22.4 Å². The molecule has 0 saturated carbocycles. The highest BCUT2D eigenvalue weighted by molar-refractivity contribution is 6.33. The van der Waals surface area contributed by atoms with Crippen LogP contribution in [0.5, 0.6) is 0 Å². The van der Waals surface area contributed by atoms with Crippen LogP contribution in [0.2, 0.25) is 5.02 Å². The maximum atomic E-state index is 6.32. The second-order valence-corrected chi connectivity index (χ2v) is 7.86. The quantitative estimate of drug-likeness (QED) is 0.705. The van der Waals surface area contributed by atoms with E-state index in [0.29, 0.717) is 17.3 Å². The van der Waals surface area contributed by atoms with Gasteiger partial charge in [-0.1, -0.05) is 29.8 Å². The molecule has 8 heteroatoms. The highest BCUT2D eigenvalue weighted by Crippen LogP contribution is 2.39. The minimum atomic E-state index is 0.123. The number of piperidine rings is 1. The predicted molar refractivity (Wildman–Crippen MR) is 105 cm³/mol. The van der Waals surface area contributed by atoms with Crippen molar-refractivity contribution in [3.63, 3.8) is 0 Å². The molecule has 1 aromatic carbocycles. The molecule has 0 unspecified atom stereocenters. The lowest BCUT2D eigenvalue weighted by molar-refractivity contribution is 0.131. The highest BCUT2D eigenvalue weighted by atomic mass is 35.5. The molecule has 1 atom stereocenters. The van der Waals surface area contributed by atoms with Gasteiger partial charge in [0.15, 0.2) is 0 Å². The molecule has 5 rings (SSSR count). The van der Waals surface area contributed by atoms with E-state index in [9.17, 15) is 0 Å². The topological polar surface area (TPSA) is 93.0 Å². The summed E-state index contributed by atoms with van der Waals surface area (Å²) in [6, 6.07) is 7.78. The Balaban J connectivity index is 1.41. The summed E-state index contributed by atoms with van der Waals surface area (Å²) in [4.78, 5) is 11.6. The van der Waals surface area contributed by atoms with Crippen LogP contribution < -0.4 is 10.6 Å². The molecule has 0 bridgehead atoms. The van der Waals surface area contributed by atoms with Gasteiger partial charge < -0.3 is 15.4 Å². The summed E-state index contributed by atoms with van der Waals surface area (Å²) in [5, 5.41) is 8.04. The molecule has 3 N–H and O–H groups in total. The molecule has 2 fully saturated rings. The standard InChI is InChI=1S/C19H21ClN6O/c20-13-4-2-1-3-12(13)16-17-18(25-24-16)23-15(9-22-17)26-7-5-19(6-8-26)11-27-10-14(19)21/h1-4,9,14H,5-8,10-11,21H2,(H,23,24,25)/t14-/m1/s1. The fraction of sp³-hybridized carbons (Fsp3) is 0.421. The molecular formula is C19H21ClN6O. The summed E-state index contributed by atoms with van der Waals surface area (Å²) >= 11 is 6.32. The van der Waals surface area contributed by atoms with Crippen LogP contribution in [0.4, 0.5) is 5.82 Å². The molecule has 3 aromatic rings. The van der Waals surface area contributed by atoms with Crippen molar-refractivity contribution < 1.29 is 4.74 Å². The molecule has 27 heavy (non-hydrogen) atoms. The monoisotopic (exact) mass is 384 g/mol. The molecule has 2 aliphatic rings. The third kappa shape index (κ3) is 2.77. The highest BCUT2D eigenvalue weighted by Gasteiger charge is 2.44. The Bertz CT molecular complexity index is 981. The van der Waals surface area contributed by atoms with Gasteiger partial charge in [0.05, 0.1) is 30.1 Å². The van der Waals surface area contributed by atoms with E-state index in [1.165, 1.54) is 0 Å². The number of nitrogens with two attached hydrogens (primary N) is 1. The first kappa shape index (κ1) is 16.9. The largest absolute Gasteiger partial charge is 0.379 e. The number of hydrogen-bond donors (Lipinski definition) is 2. The van der Waals surface area contributed by atoms with Crippen molar-refractivity contribution in [1.82, 2.24) is 20.2 Å². The van der Waals surface area contributed by atoms with E-state index in [1.807, 2.05) is 30.5 Å². The average molecular weight is 385 g/mol. The lowest BCUT2D eigenvalue weighted by Gasteiger charge is -2.41. The van der Waals surface area contributed by atoms with E-state index in [0.717, 1.165) is 55.1 Å². The van der Waals surface area contributed by atoms with Crippen molar-refractivity contribution >= 4 is 28.6 Å². The molecule has 2 aliphatic heterocycles. The van der Waals surface area contributed by atoms with Crippen molar-refractivity contribution in [2.45, 2.75) is 18.9 Å². The fourth-order valence-electron chi connectivity index (χ4n) is 4.16. The first-order chi connectivity index (χ1) is 13.2. The molecule has 0 aliphatic carbocycles. The zero-order valence-electron chi connectivity index (χ0n) is 14.9. The predicted octanol–water partition coefficient (Wildman–Crippen LogP) is 2.62. The van der Waals surface area contributed by atoms with Crippen LogP contribution >= 0.6 is 11.6 Å². The van der Waals surface area contributed by atoms with Crippen LogP contribution in [-0.2, 0) is 4.74 Å². The molecule has 140 valence electrons. The van der Waals surface area contributed by atoms with Gasteiger partial charge in [-0.25, -0.2) is 9.97 Å². The molecule has 2 saturated heterocycles. The second-order valence-electron chi connectivity index (χ2n) is 7.45. The van der Waals surface area contributed by atoms with E-state index < -0.39 is 0 Å². The van der Waals surface area contributed by atoms with Crippen molar-refractivity contribution in [2.75, 3.05) is 31.2 Å². The molecule has 2 aromatic heterocycles. The van der Waals surface area contributed by atoms with Crippen LogP contribution in [0.3, 0.4) is 0 Å². The number of ether oxygens (including phenoxy) is 1. The first-order valence-corrected chi connectivity index (χ1v) is 9.58. The summed E-state index contributed by atoms with van der Waals surface area (Å²) in [6.45, 7) is 3.25. The van der Waals surface area contributed by atoms with Crippen LogP contribution in [0, 0.1) is 5.41 Å². The van der Waals surface area contributed by atoms with Crippen LogP contribution in [0.1, 0.15) is 12.8 Å². The van der Waals surface area contributed by atoms with Crippen molar-refractivity contribution in [3.05, 3.63) is 35.5 Å². The number of hydrogen-bond acceptors (Lipinski definition) is 6. The number of rotatable bonds is 2. The number of nitrogens with zero attached hydrogens (tertiary/aromatic N) is 4. The third-order valence-corrected chi connectivity index (χ3v) is 6.28. The maximum absolute atomic E-state index is 6.32. The summed E-state index contributed by atoms with van der Waals surface area (Å²) in [5.74, 6) is 0.849. The van der Waals surface area contributed by atoms with E-state index in [-0.39, 0.29) is 11.5 Å². The Kier molecular flexibility index (Phi) is 4.03. The fourth-order valence-corrected chi connectivity index (χ4v) is 4.39. The van der Waals surface area contributed by atoms with E-state index >= 15 is 0 Å². The zero-order chi connectivity index (χ0) is 18.4. The lowest BCUT2D eigenvalue weighted by atomic mass is 9.75. The first-order valence-electron chi connectivity index (χ1n) is 9.21. The molecule has 1 spiro atoms. The third-order valence-electron chi connectivity index (χ3n) is 5.95. The minimum absolute atomic E-state index is 0.123. The summed E-state index contributed by atoms with van der Waals surface area (Å²) in [7, 11) is 0. The normalized spacial score (nSPS) is 22.0. The number of anilines is 1. The Morgan fingerprint density at radius 3 is 2.81 bits per heavy atom. The van der Waals surface area contributed by atoms with Gasteiger partial charge in [-0.3, -0.25) is 5.10 Å². The lowest BCUT2D eigenvalue weighted by Crippen LogP contribution is -2.49. The Morgan fingerprint density at radius 1 is 1.26 bits per heavy atom. The van der Waals surface area contributed by atoms with Gasteiger partial charge in [-0.15, -0.1) is 0 Å². The van der Waals surface area contributed by atoms with Crippen molar-refractivity contribution in [2.24, 2.45) is 11.1 Å². The van der Waals surface area contributed by atoms with Crippen LogP contribution in [0.15, 0.2) is 30.5 Å². The molecule has 4 heterocycles. The molecule has 0 radical (unpaired) electrons. The molecular weight excluding hydrogens is 364 g/mol. The minimum Gasteiger partial charge on any atom is -0.379 e. The van der Waals surface area contributed by atoms with Crippen molar-refractivity contribution in [3.8, 4) is 11.3 Å². The van der Waals surface area contributed by atoms with Gasteiger partial charge in [0.25, 0.3) is 0 Å². The smallest absolute Gasteiger partial charge is 0.202 e. The van der Waals surface area contributed by atoms with E-state index in [2.05, 4.69) is 20.1 Å².